The average Bonchev–Trinajstić information content (AvgIpc) is 3.12. The second kappa shape index (κ2) is 13.1. The number of rotatable bonds is 13. The zero-order valence-corrected chi connectivity index (χ0v) is 13.9. The fraction of sp³-hybridized carbons (Fsp3) is 0.500. The van der Waals surface area contributed by atoms with E-state index in [-0.39, 0.29) is 58.3 Å². The Labute approximate surface area is 145 Å². The Balaban J connectivity index is 2.57. The molecule has 0 unspecified atom stereocenters. The van der Waals surface area contributed by atoms with Crippen molar-refractivity contribution in [2.75, 3.05) is 52.7 Å². The third kappa shape index (κ3) is 9.01. The van der Waals surface area contributed by atoms with E-state index in [1.54, 1.807) is 12.1 Å². The number of hydrogen-bond donors (Lipinski definition) is 4. The molecule has 140 valence electrons. The van der Waals surface area contributed by atoms with Crippen LogP contribution < -0.4 is 10.6 Å². The van der Waals surface area contributed by atoms with Crippen molar-refractivity contribution in [1.82, 2.24) is 10.6 Å². The first kappa shape index (κ1) is 20.8. The molecule has 0 saturated carbocycles. The van der Waals surface area contributed by atoms with Crippen LogP contribution in [0.4, 0.5) is 0 Å². The highest BCUT2D eigenvalue weighted by Gasteiger charge is 2.18. The number of aliphatic hydroxyl groups excluding tert-OH is 2. The molecule has 9 heteroatoms. The molecule has 0 bridgehead atoms. The molecule has 0 aliphatic carbocycles. The molecule has 0 aliphatic heterocycles. The lowest BCUT2D eigenvalue weighted by Gasteiger charge is -2.10. The molecule has 0 aliphatic rings. The van der Waals surface area contributed by atoms with Crippen LogP contribution in [0.25, 0.3) is 6.08 Å². The summed E-state index contributed by atoms with van der Waals surface area (Å²) in [5.74, 6) is -0.774. The van der Waals surface area contributed by atoms with Gasteiger partial charge in [-0.15, -0.1) is 0 Å². The average molecular weight is 356 g/mol. The second-order valence-electron chi connectivity index (χ2n) is 4.76. The van der Waals surface area contributed by atoms with Crippen LogP contribution >= 0.6 is 0 Å². The Kier molecular flexibility index (Phi) is 10.9. The molecule has 4 N–H and O–H groups in total. The topological polar surface area (TPSA) is 130 Å². The van der Waals surface area contributed by atoms with Crippen LogP contribution in [-0.4, -0.2) is 74.8 Å². The molecule has 0 spiro atoms. The maximum Gasteiger partial charge on any atom is 0.257 e. The van der Waals surface area contributed by atoms with Gasteiger partial charge in [0.25, 0.3) is 11.8 Å². The van der Waals surface area contributed by atoms with Gasteiger partial charge in [-0.05, 0) is 18.2 Å². The molecule has 0 atom stereocenters. The Morgan fingerprint density at radius 2 is 1.56 bits per heavy atom. The molecule has 9 nitrogen and oxygen atoms in total. The monoisotopic (exact) mass is 356 g/mol. The van der Waals surface area contributed by atoms with Crippen molar-refractivity contribution < 1.29 is 33.7 Å². The van der Waals surface area contributed by atoms with Crippen LogP contribution in [0.5, 0.6) is 0 Å². The summed E-state index contributed by atoms with van der Waals surface area (Å²) in [6, 6.07) is 3.26. The van der Waals surface area contributed by atoms with Crippen molar-refractivity contribution >= 4 is 17.9 Å². The fourth-order valence-corrected chi connectivity index (χ4v) is 1.75. The minimum absolute atomic E-state index is 0.0989. The number of amides is 2. The highest BCUT2D eigenvalue weighted by molar-refractivity contribution is 6.21. The van der Waals surface area contributed by atoms with Gasteiger partial charge in [-0.3, -0.25) is 9.59 Å². The van der Waals surface area contributed by atoms with Gasteiger partial charge >= 0.3 is 0 Å². The molecule has 0 aromatic carbocycles. The summed E-state index contributed by atoms with van der Waals surface area (Å²) in [5.41, 5.74) is -0.112. The van der Waals surface area contributed by atoms with E-state index in [1.165, 1.54) is 12.3 Å². The summed E-state index contributed by atoms with van der Waals surface area (Å²) in [4.78, 5) is 24.5. The normalized spacial score (nSPS) is 10.3. The lowest BCUT2D eigenvalue weighted by molar-refractivity contribution is -0.123. The zero-order valence-electron chi connectivity index (χ0n) is 13.9. The van der Waals surface area contributed by atoms with E-state index < -0.39 is 11.8 Å². The third-order valence-electron chi connectivity index (χ3n) is 2.85. The van der Waals surface area contributed by atoms with Crippen molar-refractivity contribution in [1.29, 1.82) is 0 Å². The SMILES string of the molecule is O=C(NCCOCCO)C(=Cc1ccco1)C(=O)NCCOCCO. The summed E-state index contributed by atoms with van der Waals surface area (Å²) in [6.45, 7) is 0.992. The Morgan fingerprint density at radius 3 is 2.00 bits per heavy atom. The second-order valence-corrected chi connectivity index (χ2v) is 4.76. The van der Waals surface area contributed by atoms with Gasteiger partial charge in [0.1, 0.15) is 11.3 Å². The van der Waals surface area contributed by atoms with Crippen molar-refractivity contribution in [3.05, 3.63) is 29.7 Å². The van der Waals surface area contributed by atoms with Gasteiger partial charge < -0.3 is 34.7 Å². The number of hydrogen-bond acceptors (Lipinski definition) is 7. The van der Waals surface area contributed by atoms with E-state index in [4.69, 9.17) is 24.1 Å². The Hall–Kier alpha value is -2.20. The number of nitrogens with one attached hydrogen (secondary N) is 2. The highest BCUT2D eigenvalue weighted by Crippen LogP contribution is 2.08. The first-order valence-corrected chi connectivity index (χ1v) is 7.88. The molecule has 25 heavy (non-hydrogen) atoms. The molecule has 1 heterocycles. The van der Waals surface area contributed by atoms with E-state index in [1.807, 2.05) is 0 Å². The molecule has 0 saturated heterocycles. The van der Waals surface area contributed by atoms with Crippen molar-refractivity contribution in [2.24, 2.45) is 0 Å². The maximum absolute atomic E-state index is 12.2. The number of ether oxygens (including phenoxy) is 2. The van der Waals surface area contributed by atoms with Gasteiger partial charge in [0.05, 0.1) is 45.9 Å². The van der Waals surface area contributed by atoms with Crippen LogP contribution in [0.1, 0.15) is 5.76 Å². The number of furan rings is 1. The number of carbonyl (C=O) groups is 2. The van der Waals surface area contributed by atoms with Crippen molar-refractivity contribution in [3.8, 4) is 0 Å². The van der Waals surface area contributed by atoms with Gasteiger partial charge in [0, 0.05) is 13.1 Å². The minimum Gasteiger partial charge on any atom is -0.465 e. The molecule has 1 aromatic heterocycles. The van der Waals surface area contributed by atoms with Gasteiger partial charge in [-0.2, -0.15) is 0 Å². The van der Waals surface area contributed by atoms with Crippen LogP contribution in [0.15, 0.2) is 28.4 Å². The molecule has 0 radical (unpaired) electrons. The van der Waals surface area contributed by atoms with Crippen molar-refractivity contribution in [3.63, 3.8) is 0 Å². The molecule has 1 rings (SSSR count). The van der Waals surface area contributed by atoms with Gasteiger partial charge in [-0.1, -0.05) is 0 Å². The lowest BCUT2D eigenvalue weighted by Crippen LogP contribution is -2.37. The van der Waals surface area contributed by atoms with E-state index >= 15 is 0 Å². The first-order valence-electron chi connectivity index (χ1n) is 7.88. The lowest BCUT2D eigenvalue weighted by atomic mass is 10.2. The summed E-state index contributed by atoms with van der Waals surface area (Å²) >= 11 is 0. The van der Waals surface area contributed by atoms with E-state index in [0.29, 0.717) is 5.76 Å². The zero-order chi connectivity index (χ0) is 18.3. The largest absolute Gasteiger partial charge is 0.465 e. The molecule has 2 amide bonds. The van der Waals surface area contributed by atoms with Crippen molar-refractivity contribution in [2.45, 2.75) is 0 Å². The van der Waals surface area contributed by atoms with E-state index in [2.05, 4.69) is 10.6 Å². The number of carbonyl (C=O) groups excluding carboxylic acids is 2. The maximum atomic E-state index is 12.2. The Bertz CT molecular complexity index is 501. The van der Waals surface area contributed by atoms with E-state index in [9.17, 15) is 9.59 Å². The minimum atomic E-state index is -0.572. The summed E-state index contributed by atoms with van der Waals surface area (Å²) in [7, 11) is 0. The van der Waals surface area contributed by atoms with Crippen LogP contribution in [0.2, 0.25) is 0 Å². The first-order chi connectivity index (χ1) is 12.2. The number of aliphatic hydroxyl groups is 2. The highest BCUT2D eigenvalue weighted by atomic mass is 16.5. The summed E-state index contributed by atoms with van der Waals surface area (Å²) < 4.78 is 15.2. The quantitative estimate of drug-likeness (QED) is 0.153. The smallest absolute Gasteiger partial charge is 0.257 e. The molecule has 1 aromatic rings. The van der Waals surface area contributed by atoms with E-state index in [0.717, 1.165) is 0 Å². The van der Waals surface area contributed by atoms with Gasteiger partial charge in [0.15, 0.2) is 0 Å². The van der Waals surface area contributed by atoms with Crippen LogP contribution in [0, 0.1) is 0 Å². The summed E-state index contributed by atoms with van der Waals surface area (Å²) in [5, 5.41) is 22.3. The Morgan fingerprint density at radius 1 is 1.00 bits per heavy atom. The van der Waals surface area contributed by atoms with Gasteiger partial charge in [-0.25, -0.2) is 0 Å². The third-order valence-corrected chi connectivity index (χ3v) is 2.85. The van der Waals surface area contributed by atoms with Crippen LogP contribution in [0.3, 0.4) is 0 Å². The predicted molar refractivity (Wildman–Crippen MR) is 88.5 cm³/mol. The molecular weight excluding hydrogens is 332 g/mol. The fourth-order valence-electron chi connectivity index (χ4n) is 1.75. The standard InChI is InChI=1S/C16H24N2O7/c19-5-10-23-8-3-17-15(21)14(12-13-2-1-7-25-13)16(22)18-4-9-24-11-6-20/h1-2,7,12,19-20H,3-6,8-11H2,(H,17,21)(H,18,22). The van der Waals surface area contributed by atoms with Gasteiger partial charge in [0.2, 0.25) is 0 Å². The molecule has 0 fully saturated rings. The molecular formula is C16H24N2O7. The van der Waals surface area contributed by atoms with Crippen LogP contribution in [-0.2, 0) is 19.1 Å². The summed E-state index contributed by atoms with van der Waals surface area (Å²) in [6.07, 6.45) is 2.78. The predicted octanol–water partition coefficient (Wildman–Crippen LogP) is -1.09.